The van der Waals surface area contributed by atoms with Crippen LogP contribution in [0.2, 0.25) is 5.02 Å². The van der Waals surface area contributed by atoms with Gasteiger partial charge < -0.3 is 10.6 Å². The lowest BCUT2D eigenvalue weighted by atomic mass is 9.99. The minimum Gasteiger partial charge on any atom is -0.326 e. The Labute approximate surface area is 104 Å². The Kier molecular flexibility index (Phi) is 3.97. The van der Waals surface area contributed by atoms with Crippen LogP contribution in [0, 0.1) is 11.7 Å². The molecule has 92 valence electrons. The van der Waals surface area contributed by atoms with Gasteiger partial charge in [0.05, 0.1) is 5.92 Å². The molecular formula is C12H14ClFN2O. The van der Waals surface area contributed by atoms with Crippen molar-refractivity contribution >= 4 is 23.2 Å². The predicted octanol–water partition coefficient (Wildman–Crippen LogP) is 2.42. The molecule has 1 aliphatic rings. The molecule has 1 atom stereocenters. The largest absolute Gasteiger partial charge is 0.326 e. The number of hydrogen-bond acceptors (Lipinski definition) is 2. The van der Waals surface area contributed by atoms with Crippen molar-refractivity contribution in [3.63, 3.8) is 0 Å². The molecule has 0 bridgehead atoms. The highest BCUT2D eigenvalue weighted by Gasteiger charge is 2.20. The molecule has 0 aromatic heterocycles. The number of piperidine rings is 1. The summed E-state index contributed by atoms with van der Waals surface area (Å²) < 4.78 is 13.1. The molecule has 2 rings (SSSR count). The first-order chi connectivity index (χ1) is 8.15. The van der Waals surface area contributed by atoms with E-state index in [4.69, 9.17) is 11.6 Å². The van der Waals surface area contributed by atoms with Crippen LogP contribution in [0.3, 0.4) is 0 Å². The standard InChI is InChI=1S/C12H14ClFN2O/c13-9-4-10(14)6-11(5-9)16-12(17)8-2-1-3-15-7-8/h4-6,8,15H,1-3,7H2,(H,16,17)/t8-/m1/s1. The first kappa shape index (κ1) is 12.3. The molecule has 5 heteroatoms. The molecule has 0 unspecified atom stereocenters. The Morgan fingerprint density at radius 3 is 2.94 bits per heavy atom. The number of anilines is 1. The Hall–Kier alpha value is -1.13. The Balaban J connectivity index is 2.01. The van der Waals surface area contributed by atoms with E-state index in [2.05, 4.69) is 10.6 Å². The topological polar surface area (TPSA) is 41.1 Å². The summed E-state index contributed by atoms with van der Waals surface area (Å²) in [6.45, 7) is 1.63. The summed E-state index contributed by atoms with van der Waals surface area (Å²) >= 11 is 5.72. The fourth-order valence-electron chi connectivity index (χ4n) is 1.95. The summed E-state index contributed by atoms with van der Waals surface area (Å²) in [5.41, 5.74) is 0.408. The lowest BCUT2D eigenvalue weighted by Crippen LogP contribution is -2.37. The zero-order chi connectivity index (χ0) is 12.3. The van der Waals surface area contributed by atoms with Crippen molar-refractivity contribution in [3.05, 3.63) is 29.0 Å². The van der Waals surface area contributed by atoms with Crippen LogP contribution >= 0.6 is 11.6 Å². The van der Waals surface area contributed by atoms with Gasteiger partial charge in [0.25, 0.3) is 0 Å². The molecule has 3 nitrogen and oxygen atoms in total. The Bertz CT molecular complexity index is 399. The zero-order valence-corrected chi connectivity index (χ0v) is 10.1. The molecule has 1 heterocycles. The molecule has 0 spiro atoms. The lowest BCUT2D eigenvalue weighted by Gasteiger charge is -2.21. The second kappa shape index (κ2) is 5.47. The molecule has 1 aliphatic heterocycles. The van der Waals surface area contributed by atoms with Crippen molar-refractivity contribution in [1.29, 1.82) is 0 Å². The second-order valence-electron chi connectivity index (χ2n) is 4.19. The maximum absolute atomic E-state index is 13.1. The normalized spacial score (nSPS) is 20.0. The van der Waals surface area contributed by atoms with E-state index in [1.807, 2.05) is 0 Å². The van der Waals surface area contributed by atoms with Crippen LogP contribution in [0.25, 0.3) is 0 Å². The third-order valence-corrected chi connectivity index (χ3v) is 3.02. The van der Waals surface area contributed by atoms with Crippen LogP contribution in [0.4, 0.5) is 10.1 Å². The van der Waals surface area contributed by atoms with Crippen LogP contribution < -0.4 is 10.6 Å². The van der Waals surface area contributed by atoms with Gasteiger partial charge in [-0.15, -0.1) is 0 Å². The monoisotopic (exact) mass is 256 g/mol. The lowest BCUT2D eigenvalue weighted by molar-refractivity contribution is -0.120. The molecule has 0 aliphatic carbocycles. The van der Waals surface area contributed by atoms with Crippen molar-refractivity contribution in [2.75, 3.05) is 18.4 Å². The van der Waals surface area contributed by atoms with Crippen LogP contribution in [-0.2, 0) is 4.79 Å². The molecule has 2 N–H and O–H groups in total. The maximum Gasteiger partial charge on any atom is 0.228 e. The fraction of sp³-hybridized carbons (Fsp3) is 0.417. The van der Waals surface area contributed by atoms with Crippen LogP contribution in [0.1, 0.15) is 12.8 Å². The highest BCUT2D eigenvalue weighted by Crippen LogP contribution is 2.19. The van der Waals surface area contributed by atoms with Gasteiger partial charge in [-0.05, 0) is 37.6 Å². The van der Waals surface area contributed by atoms with Gasteiger partial charge in [0.2, 0.25) is 5.91 Å². The smallest absolute Gasteiger partial charge is 0.228 e. The SMILES string of the molecule is O=C(Nc1cc(F)cc(Cl)c1)[C@@H]1CCCNC1. The van der Waals surface area contributed by atoms with Gasteiger partial charge >= 0.3 is 0 Å². The number of benzene rings is 1. The molecule has 1 aromatic carbocycles. The number of amides is 1. The van der Waals surface area contributed by atoms with Gasteiger partial charge in [0.15, 0.2) is 0 Å². The maximum atomic E-state index is 13.1. The number of carbonyl (C=O) groups excluding carboxylic acids is 1. The van der Waals surface area contributed by atoms with E-state index in [-0.39, 0.29) is 16.8 Å². The molecule has 1 saturated heterocycles. The van der Waals surface area contributed by atoms with Crippen LogP contribution in [-0.4, -0.2) is 19.0 Å². The summed E-state index contributed by atoms with van der Waals surface area (Å²) in [5, 5.41) is 6.13. The third-order valence-electron chi connectivity index (χ3n) is 2.80. The Morgan fingerprint density at radius 1 is 1.47 bits per heavy atom. The molecule has 1 fully saturated rings. The summed E-state index contributed by atoms with van der Waals surface area (Å²) in [6, 6.07) is 4.01. The number of rotatable bonds is 2. The van der Waals surface area contributed by atoms with E-state index in [1.165, 1.54) is 12.1 Å². The van der Waals surface area contributed by atoms with Gasteiger partial charge in [0, 0.05) is 17.3 Å². The summed E-state index contributed by atoms with van der Waals surface area (Å²) in [5.74, 6) is -0.584. The van der Waals surface area contributed by atoms with Gasteiger partial charge in [-0.3, -0.25) is 4.79 Å². The highest BCUT2D eigenvalue weighted by molar-refractivity contribution is 6.30. The van der Waals surface area contributed by atoms with Gasteiger partial charge in [0.1, 0.15) is 5.82 Å². The van der Waals surface area contributed by atoms with Crippen molar-refractivity contribution in [3.8, 4) is 0 Å². The number of nitrogens with one attached hydrogen (secondary N) is 2. The average molecular weight is 257 g/mol. The van der Waals surface area contributed by atoms with E-state index < -0.39 is 5.82 Å². The van der Waals surface area contributed by atoms with Crippen molar-refractivity contribution < 1.29 is 9.18 Å². The van der Waals surface area contributed by atoms with E-state index in [0.29, 0.717) is 12.2 Å². The van der Waals surface area contributed by atoms with Crippen molar-refractivity contribution in [2.24, 2.45) is 5.92 Å². The molecule has 0 saturated carbocycles. The van der Waals surface area contributed by atoms with E-state index in [9.17, 15) is 9.18 Å². The molecule has 1 amide bonds. The zero-order valence-electron chi connectivity index (χ0n) is 9.30. The average Bonchev–Trinajstić information content (AvgIpc) is 2.28. The minimum atomic E-state index is -0.449. The number of halogens is 2. The quantitative estimate of drug-likeness (QED) is 0.853. The third kappa shape index (κ3) is 3.41. The Morgan fingerprint density at radius 2 is 2.29 bits per heavy atom. The molecular weight excluding hydrogens is 243 g/mol. The first-order valence-electron chi connectivity index (χ1n) is 5.63. The molecule has 0 radical (unpaired) electrons. The molecule has 17 heavy (non-hydrogen) atoms. The fourth-order valence-corrected chi connectivity index (χ4v) is 2.17. The summed E-state index contributed by atoms with van der Waals surface area (Å²) in [4.78, 5) is 11.9. The molecule has 1 aromatic rings. The van der Waals surface area contributed by atoms with E-state index in [0.717, 1.165) is 19.4 Å². The van der Waals surface area contributed by atoms with Gasteiger partial charge in [-0.2, -0.15) is 0 Å². The minimum absolute atomic E-state index is 0.0502. The van der Waals surface area contributed by atoms with Crippen LogP contribution in [0.15, 0.2) is 18.2 Å². The van der Waals surface area contributed by atoms with Gasteiger partial charge in [-0.25, -0.2) is 4.39 Å². The van der Waals surface area contributed by atoms with Crippen LogP contribution in [0.5, 0.6) is 0 Å². The van der Waals surface area contributed by atoms with Crippen molar-refractivity contribution in [1.82, 2.24) is 5.32 Å². The number of carbonyl (C=O) groups is 1. The second-order valence-corrected chi connectivity index (χ2v) is 4.63. The van der Waals surface area contributed by atoms with Crippen molar-refractivity contribution in [2.45, 2.75) is 12.8 Å². The summed E-state index contributed by atoms with van der Waals surface area (Å²) in [7, 11) is 0. The van der Waals surface area contributed by atoms with E-state index in [1.54, 1.807) is 6.07 Å². The number of hydrogen-bond donors (Lipinski definition) is 2. The predicted molar refractivity (Wildman–Crippen MR) is 65.6 cm³/mol. The van der Waals surface area contributed by atoms with Gasteiger partial charge in [-0.1, -0.05) is 11.6 Å². The van der Waals surface area contributed by atoms with E-state index >= 15 is 0 Å². The highest BCUT2D eigenvalue weighted by atomic mass is 35.5. The summed E-state index contributed by atoms with van der Waals surface area (Å²) in [6.07, 6.45) is 1.85. The first-order valence-corrected chi connectivity index (χ1v) is 6.00.